The Balaban J connectivity index is 2.10. The highest BCUT2D eigenvalue weighted by Gasteiger charge is 2.01. The van der Waals surface area contributed by atoms with Gasteiger partial charge in [-0.05, 0) is 30.7 Å². The maximum absolute atomic E-state index is 12.9. The summed E-state index contributed by atoms with van der Waals surface area (Å²) < 4.78 is 18.1. The van der Waals surface area contributed by atoms with Crippen LogP contribution in [0.25, 0.3) is 0 Å². The number of hydrogen-bond acceptors (Lipinski definition) is 2. The average molecular weight is 201 g/mol. The molecule has 13 heavy (non-hydrogen) atoms. The highest BCUT2D eigenvalue weighted by Crippen LogP contribution is 2.16. The normalized spacial score (nSPS) is 10.6. The van der Waals surface area contributed by atoms with Crippen molar-refractivity contribution in [2.24, 2.45) is 0 Å². The maximum atomic E-state index is 12.9. The molecule has 0 fully saturated rings. The number of hydrogen-bond donors (Lipinski definition) is 0. The van der Waals surface area contributed by atoms with Crippen LogP contribution in [0.5, 0.6) is 0 Å². The molecule has 0 aromatic carbocycles. The van der Waals surface area contributed by atoms with Gasteiger partial charge in [-0.25, -0.2) is 4.39 Å². The van der Waals surface area contributed by atoms with Crippen LogP contribution in [-0.4, -0.2) is 13.2 Å². The topological polar surface area (TPSA) is 9.23 Å². The van der Waals surface area contributed by atoms with Crippen molar-refractivity contribution in [2.75, 3.05) is 13.2 Å². The van der Waals surface area contributed by atoms with E-state index < -0.39 is 0 Å². The molecule has 0 spiro atoms. The van der Waals surface area contributed by atoms with Crippen LogP contribution < -0.4 is 0 Å². The van der Waals surface area contributed by atoms with Crippen molar-refractivity contribution in [1.82, 2.24) is 0 Å². The molecule has 0 unspecified atom stereocenters. The summed E-state index contributed by atoms with van der Waals surface area (Å²) >= 11 is 1.47. The Kier molecular flexibility index (Phi) is 5.01. The lowest BCUT2D eigenvalue weighted by Gasteiger charge is -2.00. The second-order valence-electron chi connectivity index (χ2n) is 2.76. The van der Waals surface area contributed by atoms with Gasteiger partial charge in [0.25, 0.3) is 0 Å². The van der Waals surface area contributed by atoms with E-state index in [0.29, 0.717) is 13.2 Å². The second kappa shape index (κ2) is 6.11. The first-order valence-corrected chi connectivity index (χ1v) is 5.31. The molecule has 1 aromatic rings. The van der Waals surface area contributed by atoms with E-state index in [0.717, 1.165) is 24.1 Å². The summed E-state index contributed by atoms with van der Waals surface area (Å²) in [6.07, 6.45) is 2.46. The first kappa shape index (κ1) is 10.7. The van der Waals surface area contributed by atoms with E-state index in [9.17, 15) is 4.39 Å². The van der Waals surface area contributed by atoms with Crippen LogP contribution in [-0.2, 0) is 11.2 Å². The molecule has 0 amide bonds. The largest absolute Gasteiger partial charge is 0.381 e. The molecule has 1 rings (SSSR count). The standard InChI is InChI=1S/C10H14FOS/c1-2-6-12-7-3-4-10-9(11)5-8-13-10/h5,8H,1-4,6-7H2. The molecule has 0 aliphatic rings. The number of ether oxygens (including phenoxy) is 1. The van der Waals surface area contributed by atoms with Crippen molar-refractivity contribution in [3.63, 3.8) is 0 Å². The summed E-state index contributed by atoms with van der Waals surface area (Å²) in [4.78, 5) is 0.832. The summed E-state index contributed by atoms with van der Waals surface area (Å²) in [5.74, 6) is -0.0813. The van der Waals surface area contributed by atoms with Gasteiger partial charge in [0.1, 0.15) is 5.82 Å². The minimum Gasteiger partial charge on any atom is -0.381 e. The molecule has 0 aliphatic heterocycles. The third kappa shape index (κ3) is 3.87. The number of halogens is 1. The smallest absolute Gasteiger partial charge is 0.137 e. The van der Waals surface area contributed by atoms with Gasteiger partial charge in [-0.2, -0.15) is 0 Å². The molecule has 3 heteroatoms. The fraction of sp³-hybridized carbons (Fsp3) is 0.500. The predicted octanol–water partition coefficient (Wildman–Crippen LogP) is 3.06. The minimum atomic E-state index is -0.0813. The van der Waals surface area contributed by atoms with Crippen LogP contribution in [0.15, 0.2) is 11.4 Å². The van der Waals surface area contributed by atoms with Gasteiger partial charge in [0.2, 0.25) is 0 Å². The van der Waals surface area contributed by atoms with Gasteiger partial charge in [0.05, 0.1) is 0 Å². The van der Waals surface area contributed by atoms with E-state index in [1.165, 1.54) is 17.4 Å². The molecule has 1 aromatic heterocycles. The zero-order chi connectivity index (χ0) is 9.52. The van der Waals surface area contributed by atoms with E-state index in [2.05, 4.69) is 6.92 Å². The third-order valence-corrected chi connectivity index (χ3v) is 2.63. The molecule has 0 bridgehead atoms. The van der Waals surface area contributed by atoms with Gasteiger partial charge in [-0.1, -0.05) is 6.92 Å². The van der Waals surface area contributed by atoms with Crippen molar-refractivity contribution in [3.8, 4) is 0 Å². The molecular weight excluding hydrogens is 187 g/mol. The fourth-order valence-corrected chi connectivity index (χ4v) is 1.84. The molecule has 0 saturated carbocycles. The van der Waals surface area contributed by atoms with Gasteiger partial charge in [-0.15, -0.1) is 11.3 Å². The van der Waals surface area contributed by atoms with Crippen molar-refractivity contribution in [3.05, 3.63) is 29.1 Å². The van der Waals surface area contributed by atoms with Gasteiger partial charge < -0.3 is 4.74 Å². The van der Waals surface area contributed by atoms with Crippen LogP contribution in [0, 0.1) is 12.7 Å². The summed E-state index contributed by atoms with van der Waals surface area (Å²) in [5.41, 5.74) is 0. The van der Waals surface area contributed by atoms with Gasteiger partial charge in [0.15, 0.2) is 0 Å². The SMILES string of the molecule is [CH2]CCOCCCc1sccc1F. The van der Waals surface area contributed by atoms with Crippen LogP contribution in [0.1, 0.15) is 17.7 Å². The van der Waals surface area contributed by atoms with E-state index in [4.69, 9.17) is 4.74 Å². The first-order valence-electron chi connectivity index (χ1n) is 4.43. The molecule has 0 saturated heterocycles. The zero-order valence-corrected chi connectivity index (χ0v) is 8.41. The molecule has 0 atom stereocenters. The van der Waals surface area contributed by atoms with Gasteiger partial charge >= 0.3 is 0 Å². The van der Waals surface area contributed by atoms with E-state index >= 15 is 0 Å². The quantitative estimate of drug-likeness (QED) is 0.643. The van der Waals surface area contributed by atoms with E-state index in [-0.39, 0.29) is 5.82 Å². The van der Waals surface area contributed by atoms with Crippen LogP contribution in [0.3, 0.4) is 0 Å². The number of thiophene rings is 1. The van der Waals surface area contributed by atoms with Crippen molar-refractivity contribution < 1.29 is 9.13 Å². The molecule has 1 heterocycles. The summed E-state index contributed by atoms with van der Waals surface area (Å²) in [6.45, 7) is 5.07. The lowest BCUT2D eigenvalue weighted by Crippen LogP contribution is -1.97. The molecule has 0 aliphatic carbocycles. The number of rotatable bonds is 6. The van der Waals surface area contributed by atoms with Crippen LogP contribution in [0.2, 0.25) is 0 Å². The average Bonchev–Trinajstić information content (AvgIpc) is 2.52. The Labute approximate surface area is 82.5 Å². The van der Waals surface area contributed by atoms with Gasteiger partial charge in [0, 0.05) is 18.1 Å². The predicted molar refractivity (Wildman–Crippen MR) is 53.4 cm³/mol. The second-order valence-corrected chi connectivity index (χ2v) is 3.76. The molecule has 1 nitrogen and oxygen atoms in total. The first-order chi connectivity index (χ1) is 6.34. The summed E-state index contributed by atoms with van der Waals surface area (Å²) in [5, 5.41) is 1.78. The highest BCUT2D eigenvalue weighted by atomic mass is 32.1. The van der Waals surface area contributed by atoms with Gasteiger partial charge in [-0.3, -0.25) is 0 Å². The van der Waals surface area contributed by atoms with Crippen molar-refractivity contribution in [2.45, 2.75) is 19.3 Å². The van der Waals surface area contributed by atoms with E-state index in [1.54, 1.807) is 5.38 Å². The Morgan fingerprint density at radius 3 is 2.92 bits per heavy atom. The molecular formula is C10H14FOS. The highest BCUT2D eigenvalue weighted by molar-refractivity contribution is 7.09. The Morgan fingerprint density at radius 2 is 2.31 bits per heavy atom. The maximum Gasteiger partial charge on any atom is 0.137 e. The van der Waals surface area contributed by atoms with Crippen molar-refractivity contribution in [1.29, 1.82) is 0 Å². The zero-order valence-electron chi connectivity index (χ0n) is 7.59. The Hall–Kier alpha value is -0.410. The minimum absolute atomic E-state index is 0.0813. The Bertz CT molecular complexity index is 235. The molecule has 73 valence electrons. The number of aryl methyl sites for hydroxylation is 1. The fourth-order valence-electron chi connectivity index (χ4n) is 1.04. The summed E-state index contributed by atoms with van der Waals surface area (Å²) in [6, 6.07) is 1.51. The monoisotopic (exact) mass is 201 g/mol. The van der Waals surface area contributed by atoms with Crippen molar-refractivity contribution >= 4 is 11.3 Å². The lowest BCUT2D eigenvalue weighted by molar-refractivity contribution is 0.136. The third-order valence-electron chi connectivity index (χ3n) is 1.67. The van der Waals surface area contributed by atoms with Crippen LogP contribution in [0.4, 0.5) is 4.39 Å². The van der Waals surface area contributed by atoms with Crippen LogP contribution >= 0.6 is 11.3 Å². The Morgan fingerprint density at radius 1 is 1.46 bits per heavy atom. The lowest BCUT2D eigenvalue weighted by atomic mass is 10.3. The molecule has 0 N–H and O–H groups in total. The molecule has 1 radical (unpaired) electrons. The summed E-state index contributed by atoms with van der Waals surface area (Å²) in [7, 11) is 0. The van der Waals surface area contributed by atoms with E-state index in [1.807, 2.05) is 0 Å².